The number of benzene rings is 1. The lowest BCUT2D eigenvalue weighted by molar-refractivity contribution is 0.0953. The van der Waals surface area contributed by atoms with Gasteiger partial charge in [0.25, 0.3) is 5.91 Å². The van der Waals surface area contributed by atoms with Gasteiger partial charge >= 0.3 is 0 Å². The predicted octanol–water partition coefficient (Wildman–Crippen LogP) is 2.73. The van der Waals surface area contributed by atoms with Crippen LogP contribution in [-0.4, -0.2) is 24.2 Å². The number of amides is 1. The highest BCUT2D eigenvalue weighted by Crippen LogP contribution is 2.04. The fourth-order valence-corrected chi connectivity index (χ4v) is 1.78. The van der Waals surface area contributed by atoms with Crippen LogP contribution < -0.4 is 5.32 Å². The Labute approximate surface area is 121 Å². The van der Waals surface area contributed by atoms with Gasteiger partial charge in [-0.05, 0) is 30.7 Å². The number of carbonyl (C=O) groups is 1. The van der Waals surface area contributed by atoms with Crippen molar-refractivity contribution in [1.82, 2.24) is 5.32 Å². The van der Waals surface area contributed by atoms with Crippen molar-refractivity contribution in [1.29, 1.82) is 0 Å². The number of rotatable bonds is 7. The molecule has 1 rings (SSSR count). The summed E-state index contributed by atoms with van der Waals surface area (Å²) in [7, 11) is 0. The first kappa shape index (κ1) is 16.3. The van der Waals surface area contributed by atoms with E-state index in [4.69, 9.17) is 5.11 Å². The SMILES string of the molecule is CCCCCCNC(=O)c1ccc(C#CCCO)cc1. The van der Waals surface area contributed by atoms with E-state index in [2.05, 4.69) is 24.1 Å². The van der Waals surface area contributed by atoms with Crippen LogP contribution in [0.5, 0.6) is 0 Å². The van der Waals surface area contributed by atoms with Gasteiger partial charge in [0.15, 0.2) is 0 Å². The lowest BCUT2D eigenvalue weighted by Gasteiger charge is -2.05. The summed E-state index contributed by atoms with van der Waals surface area (Å²) in [5, 5.41) is 11.6. The molecule has 3 heteroatoms. The molecule has 108 valence electrons. The molecule has 0 aliphatic heterocycles. The normalized spacial score (nSPS) is 9.70. The Morgan fingerprint density at radius 2 is 1.95 bits per heavy atom. The summed E-state index contributed by atoms with van der Waals surface area (Å²) >= 11 is 0. The maximum Gasteiger partial charge on any atom is 0.251 e. The maximum absolute atomic E-state index is 11.9. The number of nitrogens with one attached hydrogen (secondary N) is 1. The number of unbranched alkanes of at least 4 members (excludes halogenated alkanes) is 3. The first-order valence-corrected chi connectivity index (χ1v) is 7.26. The monoisotopic (exact) mass is 273 g/mol. The van der Waals surface area contributed by atoms with Crippen LogP contribution in [0.15, 0.2) is 24.3 Å². The van der Waals surface area contributed by atoms with E-state index in [1.807, 2.05) is 12.1 Å². The van der Waals surface area contributed by atoms with E-state index < -0.39 is 0 Å². The fourth-order valence-electron chi connectivity index (χ4n) is 1.78. The topological polar surface area (TPSA) is 49.3 Å². The number of carbonyl (C=O) groups excluding carboxylic acids is 1. The smallest absolute Gasteiger partial charge is 0.251 e. The fraction of sp³-hybridized carbons (Fsp3) is 0.471. The lowest BCUT2D eigenvalue weighted by Crippen LogP contribution is -2.24. The number of hydrogen-bond donors (Lipinski definition) is 2. The molecule has 0 spiro atoms. The minimum atomic E-state index is -0.0311. The van der Waals surface area contributed by atoms with Gasteiger partial charge in [0.2, 0.25) is 0 Å². The summed E-state index contributed by atoms with van der Waals surface area (Å²) in [5.41, 5.74) is 1.52. The van der Waals surface area contributed by atoms with Crippen LogP contribution in [0.3, 0.4) is 0 Å². The number of aliphatic hydroxyl groups excluding tert-OH is 1. The third-order valence-electron chi connectivity index (χ3n) is 2.93. The second kappa shape index (κ2) is 10.1. The molecule has 1 aromatic carbocycles. The third kappa shape index (κ3) is 6.40. The van der Waals surface area contributed by atoms with Gasteiger partial charge in [0, 0.05) is 24.1 Å². The van der Waals surface area contributed by atoms with Crippen LogP contribution in [-0.2, 0) is 0 Å². The van der Waals surface area contributed by atoms with Gasteiger partial charge in [0.05, 0.1) is 6.61 Å². The van der Waals surface area contributed by atoms with Crippen molar-refractivity contribution in [3.63, 3.8) is 0 Å². The first-order valence-electron chi connectivity index (χ1n) is 7.26. The highest BCUT2D eigenvalue weighted by molar-refractivity contribution is 5.94. The molecule has 0 aliphatic carbocycles. The average molecular weight is 273 g/mol. The van der Waals surface area contributed by atoms with Crippen molar-refractivity contribution in [2.45, 2.75) is 39.0 Å². The largest absolute Gasteiger partial charge is 0.395 e. The van der Waals surface area contributed by atoms with Crippen LogP contribution in [0.2, 0.25) is 0 Å². The molecule has 0 radical (unpaired) electrons. The summed E-state index contributed by atoms with van der Waals surface area (Å²) in [6.07, 6.45) is 5.09. The summed E-state index contributed by atoms with van der Waals surface area (Å²) in [5.74, 6) is 5.76. The Bertz CT molecular complexity index is 454. The number of aliphatic hydroxyl groups is 1. The average Bonchev–Trinajstić information content (AvgIpc) is 2.48. The summed E-state index contributed by atoms with van der Waals surface area (Å²) in [6, 6.07) is 7.22. The zero-order valence-corrected chi connectivity index (χ0v) is 12.1. The van der Waals surface area contributed by atoms with Gasteiger partial charge in [-0.1, -0.05) is 38.0 Å². The summed E-state index contributed by atoms with van der Waals surface area (Å²) in [6.45, 7) is 2.98. The molecule has 0 aromatic heterocycles. The van der Waals surface area contributed by atoms with E-state index >= 15 is 0 Å². The van der Waals surface area contributed by atoms with Gasteiger partial charge in [0.1, 0.15) is 0 Å². The molecule has 0 unspecified atom stereocenters. The van der Waals surface area contributed by atoms with Crippen LogP contribution in [0.25, 0.3) is 0 Å². The minimum absolute atomic E-state index is 0.0311. The Morgan fingerprint density at radius 1 is 1.20 bits per heavy atom. The van der Waals surface area contributed by atoms with Crippen LogP contribution in [0.1, 0.15) is 54.9 Å². The summed E-state index contributed by atoms with van der Waals surface area (Å²) in [4.78, 5) is 11.9. The van der Waals surface area contributed by atoms with Gasteiger partial charge in [-0.15, -0.1) is 0 Å². The van der Waals surface area contributed by atoms with Crippen molar-refractivity contribution in [3.8, 4) is 11.8 Å². The molecule has 0 heterocycles. The predicted molar refractivity (Wildman–Crippen MR) is 81.5 cm³/mol. The molecular formula is C17H23NO2. The molecule has 1 aromatic rings. The molecule has 3 nitrogen and oxygen atoms in total. The molecule has 0 fully saturated rings. The molecule has 0 atom stereocenters. The van der Waals surface area contributed by atoms with E-state index in [9.17, 15) is 4.79 Å². The highest BCUT2D eigenvalue weighted by atomic mass is 16.2. The van der Waals surface area contributed by atoms with Crippen molar-refractivity contribution in [3.05, 3.63) is 35.4 Å². The second-order valence-electron chi connectivity index (χ2n) is 4.67. The highest BCUT2D eigenvalue weighted by Gasteiger charge is 2.03. The van der Waals surface area contributed by atoms with E-state index in [1.165, 1.54) is 12.8 Å². The first-order chi connectivity index (χ1) is 9.77. The molecule has 20 heavy (non-hydrogen) atoms. The summed E-state index contributed by atoms with van der Waals surface area (Å²) < 4.78 is 0. The van der Waals surface area contributed by atoms with E-state index in [-0.39, 0.29) is 12.5 Å². The number of hydrogen-bond acceptors (Lipinski definition) is 2. The molecule has 2 N–H and O–H groups in total. The van der Waals surface area contributed by atoms with Gasteiger partial charge in [-0.2, -0.15) is 0 Å². The quantitative estimate of drug-likeness (QED) is 0.593. The molecule has 1 amide bonds. The van der Waals surface area contributed by atoms with E-state index in [1.54, 1.807) is 12.1 Å². The van der Waals surface area contributed by atoms with Crippen molar-refractivity contribution in [2.24, 2.45) is 0 Å². The third-order valence-corrected chi connectivity index (χ3v) is 2.93. The lowest BCUT2D eigenvalue weighted by atomic mass is 10.1. The molecular weight excluding hydrogens is 250 g/mol. The van der Waals surface area contributed by atoms with Gasteiger partial charge < -0.3 is 10.4 Å². The van der Waals surface area contributed by atoms with Crippen molar-refractivity contribution in [2.75, 3.05) is 13.2 Å². The zero-order chi connectivity index (χ0) is 14.6. The Balaban J connectivity index is 2.40. The van der Waals surface area contributed by atoms with E-state index in [0.717, 1.165) is 24.9 Å². The van der Waals surface area contributed by atoms with Crippen LogP contribution in [0.4, 0.5) is 0 Å². The molecule has 0 saturated heterocycles. The second-order valence-corrected chi connectivity index (χ2v) is 4.67. The molecule has 0 bridgehead atoms. The van der Waals surface area contributed by atoms with Crippen molar-refractivity contribution >= 4 is 5.91 Å². The zero-order valence-electron chi connectivity index (χ0n) is 12.1. The van der Waals surface area contributed by atoms with Crippen LogP contribution >= 0.6 is 0 Å². The van der Waals surface area contributed by atoms with Gasteiger partial charge in [-0.25, -0.2) is 0 Å². The van der Waals surface area contributed by atoms with E-state index in [0.29, 0.717) is 12.0 Å². The Morgan fingerprint density at radius 3 is 2.60 bits per heavy atom. The standard InChI is InChI=1S/C17H23NO2/c1-2-3-4-6-13-18-17(20)16-11-9-15(10-12-16)8-5-7-14-19/h9-12,19H,2-4,6-7,13-14H2,1H3,(H,18,20). The van der Waals surface area contributed by atoms with Crippen molar-refractivity contribution < 1.29 is 9.90 Å². The van der Waals surface area contributed by atoms with Gasteiger partial charge in [-0.3, -0.25) is 4.79 Å². The Hall–Kier alpha value is -1.79. The molecule has 0 saturated carbocycles. The Kier molecular flexibility index (Phi) is 8.17. The van der Waals surface area contributed by atoms with Crippen LogP contribution in [0, 0.1) is 11.8 Å². The minimum Gasteiger partial charge on any atom is -0.395 e. The maximum atomic E-state index is 11.9. The molecule has 0 aliphatic rings.